The van der Waals surface area contributed by atoms with Crippen LogP contribution >= 0.6 is 27.5 Å². The van der Waals surface area contributed by atoms with E-state index in [0.29, 0.717) is 81.9 Å². The second kappa shape index (κ2) is 33.0. The van der Waals surface area contributed by atoms with Crippen LogP contribution in [-0.4, -0.2) is 160 Å². The number of halogens is 5. The van der Waals surface area contributed by atoms with Crippen molar-refractivity contribution in [3.8, 4) is 45.0 Å². The van der Waals surface area contributed by atoms with Gasteiger partial charge in [0.05, 0.1) is 116 Å². The van der Waals surface area contributed by atoms with E-state index in [1.807, 2.05) is 110 Å². The number of nitrogens with zero attached hydrogens (tertiary/aromatic N) is 20. The Morgan fingerprint density at radius 1 is 0.395 bits per heavy atom. The number of urea groups is 4. The van der Waals surface area contributed by atoms with Crippen LogP contribution < -0.4 is 60.5 Å². The van der Waals surface area contributed by atoms with Crippen LogP contribution in [0.5, 0.6) is 0 Å². The molecule has 4 fully saturated rings. The molecule has 602 valence electrons. The predicted octanol–water partition coefficient (Wildman–Crippen LogP) is 16.7. The number of aromatic nitrogens is 12. The van der Waals surface area contributed by atoms with Gasteiger partial charge in [-0.15, -0.1) is 0 Å². The fraction of sp³-hybridized carbons (Fsp3) is 0.256. The summed E-state index contributed by atoms with van der Waals surface area (Å²) in [6, 6.07) is 37.3. The fourth-order valence-corrected chi connectivity index (χ4v) is 16.9. The van der Waals surface area contributed by atoms with Gasteiger partial charge in [0.2, 0.25) is 0 Å². The van der Waals surface area contributed by atoms with Crippen molar-refractivity contribution in [1.82, 2.24) is 59.8 Å². The Morgan fingerprint density at radius 3 is 1.14 bits per heavy atom. The lowest BCUT2D eigenvalue weighted by atomic mass is 10.0. The summed E-state index contributed by atoms with van der Waals surface area (Å²) in [6.07, 6.45) is 16.9. The Morgan fingerprint density at radius 2 is 0.756 bits per heavy atom. The maximum absolute atomic E-state index is 14.0. The van der Waals surface area contributed by atoms with Crippen LogP contribution in [-0.2, 0) is 6.18 Å². The van der Waals surface area contributed by atoms with E-state index in [1.165, 1.54) is 17.3 Å². The minimum absolute atomic E-state index is 0.0665. The van der Waals surface area contributed by atoms with Crippen molar-refractivity contribution in [1.29, 1.82) is 0 Å². The molecule has 119 heavy (non-hydrogen) atoms. The van der Waals surface area contributed by atoms with E-state index in [1.54, 1.807) is 103 Å². The van der Waals surface area contributed by atoms with Gasteiger partial charge in [-0.2, -0.15) is 13.2 Å². The summed E-state index contributed by atoms with van der Waals surface area (Å²) in [5.41, 5.74) is 13.7. The average Bonchev–Trinajstić information content (AvgIpc) is 1.69. The van der Waals surface area contributed by atoms with E-state index >= 15 is 0 Å². The summed E-state index contributed by atoms with van der Waals surface area (Å²) in [7, 11) is 0. The van der Waals surface area contributed by atoms with Gasteiger partial charge in [0.1, 0.15) is 5.82 Å². The Kier molecular flexibility index (Phi) is 21.7. The van der Waals surface area contributed by atoms with Gasteiger partial charge in [-0.3, -0.25) is 59.8 Å². The van der Waals surface area contributed by atoms with E-state index in [9.17, 15) is 32.3 Å². The van der Waals surface area contributed by atoms with E-state index in [0.717, 1.165) is 137 Å². The molecule has 20 heterocycles. The van der Waals surface area contributed by atoms with Gasteiger partial charge < -0.3 is 35.6 Å². The number of nitrogens with one attached hydrogen (secondary N) is 4. The molecule has 0 aromatic carbocycles. The molecule has 0 spiro atoms. The minimum atomic E-state index is -4.61. The van der Waals surface area contributed by atoms with Crippen LogP contribution in [0.15, 0.2) is 200 Å². The van der Waals surface area contributed by atoms with Crippen molar-refractivity contribution in [3.63, 3.8) is 0 Å². The highest BCUT2D eigenvalue weighted by Gasteiger charge is 2.47. The normalized spacial score (nSPS) is 17.3. The summed E-state index contributed by atoms with van der Waals surface area (Å²) in [5.74, 6) is 2.75. The number of amides is 8. The quantitative estimate of drug-likeness (QED) is 0.110. The molecular formula is C86H79BrClF3N24O4. The molecule has 4 saturated heterocycles. The average molecular weight is 1690 g/mol. The summed E-state index contributed by atoms with van der Waals surface area (Å²) in [5, 5.41) is 12.1. The number of hydrogen-bond acceptors (Lipinski definition) is 20. The van der Waals surface area contributed by atoms with Gasteiger partial charge in [-0.1, -0.05) is 17.7 Å². The van der Waals surface area contributed by atoms with Gasteiger partial charge >= 0.3 is 30.3 Å². The summed E-state index contributed by atoms with van der Waals surface area (Å²) in [4.78, 5) is 121. The molecule has 8 amide bonds. The molecule has 8 aliphatic heterocycles. The summed E-state index contributed by atoms with van der Waals surface area (Å²) in [6.45, 7) is 15.8. The Hall–Kier alpha value is -13.4. The largest absolute Gasteiger partial charge is 0.418 e. The van der Waals surface area contributed by atoms with Crippen LogP contribution in [0, 0.1) is 34.6 Å². The molecule has 8 aliphatic rings. The molecule has 4 atom stereocenters. The monoisotopic (exact) mass is 1680 g/mol. The van der Waals surface area contributed by atoms with Crippen molar-refractivity contribution in [2.45, 2.75) is 90.6 Å². The molecule has 0 aliphatic carbocycles. The molecule has 0 unspecified atom stereocenters. The lowest BCUT2D eigenvalue weighted by Gasteiger charge is -2.36. The van der Waals surface area contributed by atoms with Gasteiger partial charge in [0, 0.05) is 151 Å². The zero-order chi connectivity index (χ0) is 82.3. The predicted molar refractivity (Wildman–Crippen MR) is 457 cm³/mol. The maximum atomic E-state index is 14.0. The number of alkyl halides is 3. The second-order valence-corrected chi connectivity index (χ2v) is 31.3. The standard InChI is InChI=1S/C22H19F3N6O.C22H22N6O.C21H19BrN6O.C21H19ClN6O/c1-13-4-5-14(10-27-13)19-17(22(23,24)25)9-18-20(29-19)31(16-6-8-30(18)12-16)21(32)28-15-3-2-7-26-11-15;1-14-10-19-21(26-20(14)16-6-5-15(2)24-11-16)28(18-7-9-27(19)13-18)22(29)25-17-4-3-8-23-12-17;1-13-5-6-14(11-24-13)19-16(22)10-17-20(26-19)28(15-7-9-27(17)12-15)21(29)25-18-4-2-3-8-23-18;1-13-4-5-14(10-24-13)19-17(22)9-18-20(26-19)28(16-6-8-27(18)12-16)21(29)25-15-3-2-7-23-11-15/h2-5,7,9-11,16H,6,8,12H2,1H3,(H,28,32);3-6,8,10-12,18H,7,9,13H2,1-2H3,(H,25,29);2-6,8,10-11,15H,7,9,12H2,1H3,(H,23,25,29);2-5,7,9-11,16H,6,8,12H2,1H3,(H,25,29)/t16-;18-;15-;16-/m0000/s1. The number of hydrogen-bond donors (Lipinski definition) is 4. The van der Waals surface area contributed by atoms with Crippen molar-refractivity contribution in [2.75, 3.05) is 113 Å². The van der Waals surface area contributed by atoms with Crippen LogP contribution in [0.4, 0.5) is 101 Å². The van der Waals surface area contributed by atoms with Crippen molar-refractivity contribution in [2.24, 2.45) is 0 Å². The Balaban J connectivity index is 0.000000114. The molecular weight excluding hydrogens is 1610 g/mol. The lowest BCUT2D eigenvalue weighted by Crippen LogP contribution is -2.48. The van der Waals surface area contributed by atoms with Crippen LogP contribution in [0.25, 0.3) is 45.0 Å². The first-order valence-electron chi connectivity index (χ1n) is 38.9. The van der Waals surface area contributed by atoms with E-state index in [2.05, 4.69) is 116 Å². The Labute approximate surface area is 696 Å². The van der Waals surface area contributed by atoms with E-state index < -0.39 is 17.8 Å². The molecule has 28 nitrogen and oxygen atoms in total. The highest BCUT2D eigenvalue weighted by Crippen LogP contribution is 2.49. The first-order valence-corrected chi connectivity index (χ1v) is 40.1. The molecule has 0 saturated carbocycles. The van der Waals surface area contributed by atoms with Crippen LogP contribution in [0.3, 0.4) is 0 Å². The van der Waals surface area contributed by atoms with Gasteiger partial charge in [0.15, 0.2) is 23.3 Å². The topological polar surface area (TPSA) is 297 Å². The zero-order valence-corrected chi connectivity index (χ0v) is 67.6. The number of rotatable bonds is 8. The van der Waals surface area contributed by atoms with Crippen molar-refractivity contribution < 1.29 is 32.3 Å². The van der Waals surface area contributed by atoms with Crippen LogP contribution in [0.1, 0.15) is 59.6 Å². The number of aryl methyl sites for hydroxylation is 5. The minimum Gasteiger partial charge on any atom is -0.366 e. The summed E-state index contributed by atoms with van der Waals surface area (Å²) >= 11 is 10.2. The maximum Gasteiger partial charge on any atom is 0.418 e. The third kappa shape index (κ3) is 16.2. The molecule has 33 heteroatoms. The van der Waals surface area contributed by atoms with Gasteiger partial charge in [-0.05, 0) is 203 Å². The number of carbonyl (C=O) groups is 4. The molecule has 0 radical (unpaired) electrons. The zero-order valence-electron chi connectivity index (χ0n) is 65.2. The van der Waals surface area contributed by atoms with E-state index in [4.69, 9.17) is 26.6 Å². The lowest BCUT2D eigenvalue weighted by molar-refractivity contribution is -0.137. The second-order valence-electron chi connectivity index (χ2n) is 30.0. The molecule has 12 aromatic rings. The van der Waals surface area contributed by atoms with Crippen molar-refractivity contribution in [3.05, 3.63) is 239 Å². The first kappa shape index (κ1) is 78.2. The van der Waals surface area contributed by atoms with Gasteiger partial charge in [-0.25, -0.2) is 44.1 Å². The third-order valence-electron chi connectivity index (χ3n) is 22.0. The molecule has 12 aromatic heterocycles. The molecule has 20 rings (SSSR count). The smallest absolute Gasteiger partial charge is 0.366 e. The van der Waals surface area contributed by atoms with E-state index in [-0.39, 0.29) is 59.3 Å². The molecule has 8 bridgehead atoms. The highest BCUT2D eigenvalue weighted by atomic mass is 79.9. The third-order valence-corrected chi connectivity index (χ3v) is 22.9. The number of anilines is 12. The fourth-order valence-electron chi connectivity index (χ4n) is 16.1. The van der Waals surface area contributed by atoms with Crippen molar-refractivity contribution >= 4 is 121 Å². The first-order chi connectivity index (χ1) is 57.6. The highest BCUT2D eigenvalue weighted by molar-refractivity contribution is 9.10. The van der Waals surface area contributed by atoms with Gasteiger partial charge in [0.25, 0.3) is 0 Å². The Bertz CT molecular complexity index is 5390. The molecule has 4 N–H and O–H groups in total. The summed E-state index contributed by atoms with van der Waals surface area (Å²) < 4.78 is 42.9. The SMILES string of the molecule is Cc1ccc(-c2nc3c(cc2Br)N2CC[C@@H](C2)N3C(=O)Nc2ccccn2)cn1.Cc1ccc(-c2nc3c(cc2C(F)(F)F)N2CC[C@@H](C2)N3C(=O)Nc2cccnc2)cn1.Cc1ccc(-c2nc3c(cc2C)N2CC[C@@H](C2)N3C(=O)Nc2cccnc2)cn1.Cc1ccc(-c2nc3c(cc2Cl)N2CC[C@@H](C2)N3C(=O)Nc2cccnc2)cn1. The number of pyridine rings is 12. The number of carbonyl (C=O) groups excluding carboxylic acids is 4. The van der Waals surface area contributed by atoms with Crippen LogP contribution in [0.2, 0.25) is 5.02 Å². The number of fused-ring (bicyclic) bond motifs is 16.